The lowest BCUT2D eigenvalue weighted by Gasteiger charge is -2.19. The molecule has 2 aliphatic rings. The van der Waals surface area contributed by atoms with E-state index in [9.17, 15) is 14.4 Å². The summed E-state index contributed by atoms with van der Waals surface area (Å²) in [5.41, 5.74) is 1.90. The number of para-hydroxylation sites is 1. The van der Waals surface area contributed by atoms with E-state index < -0.39 is 23.6 Å². The Bertz CT molecular complexity index is 1460. The van der Waals surface area contributed by atoms with Crippen LogP contribution in [0.2, 0.25) is 5.02 Å². The molecule has 0 spiro atoms. The molecule has 0 aliphatic carbocycles. The van der Waals surface area contributed by atoms with E-state index in [0.29, 0.717) is 52.5 Å². The summed E-state index contributed by atoms with van der Waals surface area (Å²) in [4.78, 5) is 39.5. The maximum atomic E-state index is 13.1. The van der Waals surface area contributed by atoms with E-state index >= 15 is 0 Å². The number of anilines is 1. The average molecular weight is 567 g/mol. The average Bonchev–Trinajstić information content (AvgIpc) is 3.20. The molecule has 0 bridgehead atoms. The Morgan fingerprint density at radius 1 is 1.08 bits per heavy atom. The van der Waals surface area contributed by atoms with Crippen LogP contribution in [-0.4, -0.2) is 48.8 Å². The minimum Gasteiger partial charge on any atom is -0.493 e. The molecule has 3 amide bonds. The van der Waals surface area contributed by atoms with E-state index in [-0.39, 0.29) is 11.5 Å². The van der Waals surface area contributed by atoms with Crippen molar-refractivity contribution in [3.05, 3.63) is 81.7 Å². The van der Waals surface area contributed by atoms with E-state index in [1.54, 1.807) is 54.6 Å². The van der Waals surface area contributed by atoms with Crippen molar-refractivity contribution in [1.29, 1.82) is 0 Å². The molecule has 0 radical (unpaired) electrons. The second-order valence-corrected chi connectivity index (χ2v) is 9.90. The van der Waals surface area contributed by atoms with Crippen molar-refractivity contribution in [3.63, 3.8) is 0 Å². The smallest absolute Gasteiger partial charge is 0.294 e. The summed E-state index contributed by atoms with van der Waals surface area (Å²) in [6.07, 6.45) is 1.56. The number of imide groups is 1. The van der Waals surface area contributed by atoms with Gasteiger partial charge >= 0.3 is 0 Å². The van der Waals surface area contributed by atoms with Crippen LogP contribution in [0.1, 0.15) is 11.1 Å². The largest absolute Gasteiger partial charge is 0.493 e. The monoisotopic (exact) mass is 566 g/mol. The molecule has 1 N–H and O–H groups in total. The lowest BCUT2D eigenvalue weighted by Crippen LogP contribution is -2.36. The maximum Gasteiger partial charge on any atom is 0.294 e. The van der Waals surface area contributed by atoms with Crippen LogP contribution in [0.25, 0.3) is 6.08 Å². The quantitative estimate of drug-likeness (QED) is 0.363. The van der Waals surface area contributed by atoms with Crippen molar-refractivity contribution in [2.24, 2.45) is 0 Å². The van der Waals surface area contributed by atoms with Gasteiger partial charge in [-0.15, -0.1) is 0 Å². The minimum atomic E-state index is -0.575. The molecule has 39 heavy (non-hydrogen) atoms. The number of nitrogens with zero attached hydrogens (tertiary/aromatic N) is 1. The van der Waals surface area contributed by atoms with E-state index in [0.717, 1.165) is 22.2 Å². The molecule has 9 nitrogen and oxygen atoms in total. The molecule has 0 unspecified atom stereocenters. The van der Waals surface area contributed by atoms with Gasteiger partial charge < -0.3 is 24.3 Å². The fraction of sp³-hybridized carbons (Fsp3) is 0.179. The van der Waals surface area contributed by atoms with Gasteiger partial charge in [-0.2, -0.15) is 0 Å². The van der Waals surface area contributed by atoms with Crippen molar-refractivity contribution in [1.82, 2.24) is 4.90 Å². The normalized spacial score (nSPS) is 15.4. The van der Waals surface area contributed by atoms with Gasteiger partial charge in [0.1, 0.15) is 26.4 Å². The first-order valence-corrected chi connectivity index (χ1v) is 13.1. The molecule has 5 rings (SSSR count). The number of ether oxygens (including phenoxy) is 4. The van der Waals surface area contributed by atoms with Gasteiger partial charge in [-0.25, -0.2) is 0 Å². The van der Waals surface area contributed by atoms with Crippen LogP contribution in [0.5, 0.6) is 23.0 Å². The zero-order chi connectivity index (χ0) is 27.4. The summed E-state index contributed by atoms with van der Waals surface area (Å²) in [5.74, 6) is 0.885. The van der Waals surface area contributed by atoms with Crippen molar-refractivity contribution in [3.8, 4) is 23.0 Å². The minimum absolute atomic E-state index is 0.164. The van der Waals surface area contributed by atoms with Gasteiger partial charge in [0.2, 0.25) is 5.91 Å². The molecule has 2 aliphatic heterocycles. The van der Waals surface area contributed by atoms with Crippen LogP contribution >= 0.6 is 23.4 Å². The van der Waals surface area contributed by atoms with E-state index in [2.05, 4.69) is 5.32 Å². The molecular weight excluding hydrogens is 544 g/mol. The number of hydrogen-bond donors (Lipinski definition) is 1. The lowest BCUT2D eigenvalue weighted by molar-refractivity contribution is -0.127. The number of carbonyl (C=O) groups is 3. The standard InChI is InChI=1S/C28H23ClN2O7S/c1-35-22-4-2-3-18(26(22)38-16-17-5-7-19(29)8-6-17)13-24-27(33)31(28(34)39-24)15-25(32)30-20-9-10-21-23(14-20)37-12-11-36-21/h2-10,13-14H,11-12,15-16H2,1H3,(H,30,32)/b24-13+. The molecule has 0 aromatic heterocycles. The Morgan fingerprint density at radius 2 is 1.85 bits per heavy atom. The number of thioether (sulfide) groups is 1. The zero-order valence-electron chi connectivity index (χ0n) is 20.8. The molecule has 0 atom stereocenters. The van der Waals surface area contributed by atoms with Gasteiger partial charge in [-0.1, -0.05) is 35.9 Å². The molecule has 2 heterocycles. The van der Waals surface area contributed by atoms with E-state index in [4.69, 9.17) is 30.5 Å². The topological polar surface area (TPSA) is 103 Å². The van der Waals surface area contributed by atoms with Crippen LogP contribution in [0.4, 0.5) is 10.5 Å². The zero-order valence-corrected chi connectivity index (χ0v) is 22.3. The van der Waals surface area contributed by atoms with Crippen molar-refractivity contribution in [2.75, 3.05) is 32.2 Å². The number of fused-ring (bicyclic) bond motifs is 1. The molecule has 3 aromatic rings. The molecule has 1 fully saturated rings. The Morgan fingerprint density at radius 3 is 2.62 bits per heavy atom. The first-order valence-electron chi connectivity index (χ1n) is 11.9. The summed E-state index contributed by atoms with van der Waals surface area (Å²) < 4.78 is 22.5. The lowest BCUT2D eigenvalue weighted by atomic mass is 10.1. The van der Waals surface area contributed by atoms with Gasteiger partial charge in [0, 0.05) is 22.3 Å². The third-order valence-corrected chi connectivity index (χ3v) is 6.97. The molecular formula is C28H23ClN2O7S. The molecule has 0 saturated carbocycles. The van der Waals surface area contributed by atoms with Gasteiger partial charge in [0.25, 0.3) is 11.1 Å². The van der Waals surface area contributed by atoms with Crippen LogP contribution in [0.3, 0.4) is 0 Å². The Balaban J connectivity index is 1.29. The number of nitrogens with one attached hydrogen (secondary N) is 1. The van der Waals surface area contributed by atoms with Crippen LogP contribution < -0.4 is 24.3 Å². The van der Waals surface area contributed by atoms with Gasteiger partial charge in [0.15, 0.2) is 23.0 Å². The first kappa shape index (κ1) is 26.5. The maximum absolute atomic E-state index is 13.1. The highest BCUT2D eigenvalue weighted by Crippen LogP contribution is 2.38. The number of rotatable bonds is 8. The van der Waals surface area contributed by atoms with Crippen molar-refractivity contribution >= 4 is 52.2 Å². The van der Waals surface area contributed by atoms with Crippen molar-refractivity contribution in [2.45, 2.75) is 6.61 Å². The Kier molecular flexibility index (Phi) is 7.94. The summed E-state index contributed by atoms with van der Waals surface area (Å²) in [6.45, 7) is 0.667. The SMILES string of the molecule is COc1cccc(/C=C2/SC(=O)N(CC(=O)Nc3ccc4c(c3)OCCO4)C2=O)c1OCc1ccc(Cl)cc1. The predicted octanol–water partition coefficient (Wildman–Crippen LogP) is 5.37. The number of hydrogen-bond acceptors (Lipinski definition) is 8. The fourth-order valence-electron chi connectivity index (χ4n) is 3.94. The highest BCUT2D eigenvalue weighted by Gasteiger charge is 2.36. The number of methoxy groups -OCH3 is 1. The number of carbonyl (C=O) groups excluding carboxylic acids is 3. The van der Waals surface area contributed by atoms with Gasteiger partial charge in [-0.05, 0) is 53.7 Å². The summed E-state index contributed by atoms with van der Waals surface area (Å²) >= 11 is 6.72. The molecule has 200 valence electrons. The summed E-state index contributed by atoms with van der Waals surface area (Å²) in [7, 11) is 1.52. The highest BCUT2D eigenvalue weighted by molar-refractivity contribution is 8.18. The second-order valence-electron chi connectivity index (χ2n) is 8.47. The number of benzene rings is 3. The third-order valence-electron chi connectivity index (χ3n) is 5.81. The first-order chi connectivity index (χ1) is 18.9. The molecule has 11 heteroatoms. The predicted molar refractivity (Wildman–Crippen MR) is 148 cm³/mol. The van der Waals surface area contributed by atoms with Gasteiger partial charge in [-0.3, -0.25) is 19.3 Å². The summed E-state index contributed by atoms with van der Waals surface area (Å²) in [6, 6.07) is 17.5. The third kappa shape index (κ3) is 6.13. The van der Waals surface area contributed by atoms with E-state index in [1.165, 1.54) is 7.11 Å². The second kappa shape index (κ2) is 11.7. The Labute approximate surface area is 233 Å². The molecule has 1 saturated heterocycles. The number of amides is 3. The molecule has 3 aromatic carbocycles. The van der Waals surface area contributed by atoms with Crippen LogP contribution in [-0.2, 0) is 16.2 Å². The highest BCUT2D eigenvalue weighted by atomic mass is 35.5. The number of halogens is 1. The van der Waals surface area contributed by atoms with Crippen LogP contribution in [0, 0.1) is 0 Å². The van der Waals surface area contributed by atoms with E-state index in [1.807, 2.05) is 12.1 Å². The van der Waals surface area contributed by atoms with Crippen LogP contribution in [0.15, 0.2) is 65.6 Å². The summed E-state index contributed by atoms with van der Waals surface area (Å²) in [5, 5.41) is 2.76. The van der Waals surface area contributed by atoms with Gasteiger partial charge in [0.05, 0.1) is 12.0 Å². The van der Waals surface area contributed by atoms with Crippen molar-refractivity contribution < 1.29 is 33.3 Å². The Hall–Kier alpha value is -4.15. The fourth-order valence-corrected chi connectivity index (χ4v) is 4.90.